The summed E-state index contributed by atoms with van der Waals surface area (Å²) in [7, 11) is 0. The van der Waals surface area contributed by atoms with Gasteiger partial charge >= 0.3 is 0 Å². The van der Waals surface area contributed by atoms with Crippen LogP contribution in [0.5, 0.6) is 0 Å². The molecule has 100 valence electrons. The molecule has 2 heterocycles. The molecular weight excluding hydrogens is 238 g/mol. The van der Waals surface area contributed by atoms with Crippen LogP contribution in [0.25, 0.3) is 0 Å². The van der Waals surface area contributed by atoms with Crippen LogP contribution in [0.1, 0.15) is 36.6 Å². The van der Waals surface area contributed by atoms with Crippen molar-refractivity contribution in [2.45, 2.75) is 32.2 Å². The van der Waals surface area contributed by atoms with Crippen LogP contribution >= 0.6 is 0 Å². The Morgan fingerprint density at radius 1 is 0.947 bits per heavy atom. The predicted molar refractivity (Wildman–Crippen MR) is 72.7 cm³/mol. The molecule has 1 fully saturated rings. The average Bonchev–Trinajstić information content (AvgIpc) is 2.88. The number of benzene rings is 1. The topological polar surface area (TPSA) is 42.2 Å². The average molecular weight is 257 g/mol. The molecule has 0 spiro atoms. The van der Waals surface area contributed by atoms with Gasteiger partial charge in [0.15, 0.2) is 0 Å². The first-order valence-electron chi connectivity index (χ1n) is 6.98. The first-order chi connectivity index (χ1) is 9.40. The molecule has 19 heavy (non-hydrogen) atoms. The second-order valence-corrected chi connectivity index (χ2v) is 5.09. The fourth-order valence-corrected chi connectivity index (χ4v) is 2.50. The highest BCUT2D eigenvalue weighted by Gasteiger charge is 2.14. The summed E-state index contributed by atoms with van der Waals surface area (Å²) < 4.78 is 5.73. The van der Waals surface area contributed by atoms with Crippen molar-refractivity contribution in [1.82, 2.24) is 15.1 Å². The van der Waals surface area contributed by atoms with E-state index in [-0.39, 0.29) is 0 Å². The van der Waals surface area contributed by atoms with Crippen LogP contribution in [0.4, 0.5) is 0 Å². The van der Waals surface area contributed by atoms with Gasteiger partial charge in [0.1, 0.15) is 0 Å². The van der Waals surface area contributed by atoms with Crippen LogP contribution in [-0.4, -0.2) is 28.2 Å². The van der Waals surface area contributed by atoms with Crippen molar-refractivity contribution in [1.29, 1.82) is 0 Å². The van der Waals surface area contributed by atoms with E-state index in [0.29, 0.717) is 12.3 Å². The molecule has 0 aliphatic carbocycles. The van der Waals surface area contributed by atoms with Gasteiger partial charge in [-0.2, -0.15) is 0 Å². The van der Waals surface area contributed by atoms with E-state index in [2.05, 4.69) is 27.2 Å². The van der Waals surface area contributed by atoms with Crippen LogP contribution in [0.15, 0.2) is 34.7 Å². The Labute approximate surface area is 113 Å². The van der Waals surface area contributed by atoms with Crippen LogP contribution in [0.2, 0.25) is 0 Å². The van der Waals surface area contributed by atoms with E-state index in [1.165, 1.54) is 24.8 Å². The van der Waals surface area contributed by atoms with Crippen molar-refractivity contribution < 1.29 is 4.42 Å². The number of likely N-dealkylation sites (tertiary alicyclic amines) is 1. The van der Waals surface area contributed by atoms with Crippen molar-refractivity contribution in [3.05, 3.63) is 47.7 Å². The largest absolute Gasteiger partial charge is 0.424 e. The zero-order chi connectivity index (χ0) is 12.9. The lowest BCUT2D eigenvalue weighted by Crippen LogP contribution is -2.29. The first-order valence-corrected chi connectivity index (χ1v) is 6.98. The summed E-state index contributed by atoms with van der Waals surface area (Å²) in [5.74, 6) is 1.45. The summed E-state index contributed by atoms with van der Waals surface area (Å²) in [4.78, 5) is 2.39. The quantitative estimate of drug-likeness (QED) is 0.844. The van der Waals surface area contributed by atoms with Gasteiger partial charge in [-0.25, -0.2) is 0 Å². The van der Waals surface area contributed by atoms with Gasteiger partial charge in [0, 0.05) is 0 Å². The minimum atomic E-state index is 0.707. The molecule has 2 aromatic rings. The molecule has 3 rings (SSSR count). The smallest absolute Gasteiger partial charge is 0.230 e. The van der Waals surface area contributed by atoms with Gasteiger partial charge in [-0.3, -0.25) is 4.90 Å². The Morgan fingerprint density at radius 3 is 2.47 bits per heavy atom. The molecule has 0 saturated carbocycles. The molecule has 0 unspecified atom stereocenters. The van der Waals surface area contributed by atoms with Crippen LogP contribution < -0.4 is 0 Å². The summed E-state index contributed by atoms with van der Waals surface area (Å²) in [6.45, 7) is 3.09. The summed E-state index contributed by atoms with van der Waals surface area (Å²) in [5, 5.41) is 8.28. The molecule has 0 radical (unpaired) electrons. The predicted octanol–water partition coefficient (Wildman–Crippen LogP) is 2.65. The number of hydrogen-bond acceptors (Lipinski definition) is 4. The molecule has 4 nitrogen and oxygen atoms in total. The summed E-state index contributed by atoms with van der Waals surface area (Å²) in [6.07, 6.45) is 4.63. The molecule has 1 aliphatic rings. The summed E-state index contributed by atoms with van der Waals surface area (Å²) in [6, 6.07) is 10.2. The van der Waals surface area contributed by atoms with E-state index in [4.69, 9.17) is 4.42 Å². The van der Waals surface area contributed by atoms with Gasteiger partial charge in [-0.05, 0) is 31.5 Å². The highest BCUT2D eigenvalue weighted by Crippen LogP contribution is 2.13. The zero-order valence-corrected chi connectivity index (χ0v) is 11.1. The minimum Gasteiger partial charge on any atom is -0.424 e. The van der Waals surface area contributed by atoms with E-state index >= 15 is 0 Å². The highest BCUT2D eigenvalue weighted by atomic mass is 16.4. The Balaban J connectivity index is 1.59. The van der Waals surface area contributed by atoms with Gasteiger partial charge in [-0.15, -0.1) is 10.2 Å². The van der Waals surface area contributed by atoms with Crippen molar-refractivity contribution in [3.63, 3.8) is 0 Å². The number of hydrogen-bond donors (Lipinski definition) is 0. The van der Waals surface area contributed by atoms with Gasteiger partial charge in [0.25, 0.3) is 0 Å². The molecule has 0 bridgehead atoms. The third kappa shape index (κ3) is 3.41. The molecule has 1 aromatic heterocycles. The molecular formula is C15H19N3O. The van der Waals surface area contributed by atoms with E-state index in [9.17, 15) is 0 Å². The fraction of sp³-hybridized carbons (Fsp3) is 0.467. The Morgan fingerprint density at radius 2 is 1.68 bits per heavy atom. The zero-order valence-electron chi connectivity index (χ0n) is 11.1. The van der Waals surface area contributed by atoms with Crippen LogP contribution in [-0.2, 0) is 13.0 Å². The van der Waals surface area contributed by atoms with E-state index in [1.807, 2.05) is 18.2 Å². The maximum Gasteiger partial charge on any atom is 0.230 e. The minimum absolute atomic E-state index is 0.707. The van der Waals surface area contributed by atoms with Crippen LogP contribution in [0.3, 0.4) is 0 Å². The molecule has 4 heteroatoms. The third-order valence-electron chi connectivity index (χ3n) is 3.51. The standard InChI is InChI=1S/C15H19N3O/c1-3-7-13(8-4-1)11-14-16-17-15(19-14)12-18-9-5-2-6-10-18/h1,3-4,7-8H,2,5-6,9-12H2. The Kier molecular flexibility index (Phi) is 3.89. The molecule has 0 N–H and O–H groups in total. The van der Waals surface area contributed by atoms with Gasteiger partial charge in [0.05, 0.1) is 13.0 Å². The molecule has 0 atom stereocenters. The Bertz CT molecular complexity index is 503. The lowest BCUT2D eigenvalue weighted by atomic mass is 10.1. The van der Waals surface area contributed by atoms with E-state index < -0.39 is 0 Å². The normalized spacial score (nSPS) is 16.6. The third-order valence-corrected chi connectivity index (χ3v) is 3.51. The maximum absolute atomic E-state index is 5.73. The summed E-state index contributed by atoms with van der Waals surface area (Å²) in [5.41, 5.74) is 1.20. The van der Waals surface area contributed by atoms with Crippen molar-refractivity contribution >= 4 is 0 Å². The number of nitrogens with zero attached hydrogens (tertiary/aromatic N) is 3. The molecule has 0 amide bonds. The second kappa shape index (κ2) is 5.97. The van der Waals surface area contributed by atoms with Gasteiger partial charge < -0.3 is 4.42 Å². The molecule has 1 aromatic carbocycles. The number of aromatic nitrogens is 2. The number of rotatable bonds is 4. The monoisotopic (exact) mass is 257 g/mol. The SMILES string of the molecule is c1ccc(Cc2nnc(CN3CCCCC3)o2)cc1. The van der Waals surface area contributed by atoms with Gasteiger partial charge in [0.2, 0.25) is 11.8 Å². The molecule has 1 aliphatic heterocycles. The summed E-state index contributed by atoms with van der Waals surface area (Å²) >= 11 is 0. The second-order valence-electron chi connectivity index (χ2n) is 5.09. The van der Waals surface area contributed by atoms with Crippen molar-refractivity contribution in [2.75, 3.05) is 13.1 Å². The Hall–Kier alpha value is -1.68. The van der Waals surface area contributed by atoms with E-state index in [0.717, 1.165) is 25.5 Å². The van der Waals surface area contributed by atoms with E-state index in [1.54, 1.807) is 0 Å². The number of piperidine rings is 1. The van der Waals surface area contributed by atoms with Crippen molar-refractivity contribution in [2.24, 2.45) is 0 Å². The fourth-order valence-electron chi connectivity index (χ4n) is 2.50. The van der Waals surface area contributed by atoms with Gasteiger partial charge in [-0.1, -0.05) is 36.8 Å². The lowest BCUT2D eigenvalue weighted by molar-refractivity contribution is 0.200. The highest BCUT2D eigenvalue weighted by molar-refractivity contribution is 5.17. The maximum atomic E-state index is 5.73. The lowest BCUT2D eigenvalue weighted by Gasteiger charge is -2.24. The van der Waals surface area contributed by atoms with Crippen molar-refractivity contribution in [3.8, 4) is 0 Å². The molecule has 1 saturated heterocycles. The van der Waals surface area contributed by atoms with Crippen LogP contribution in [0, 0.1) is 0 Å². The first kappa shape index (κ1) is 12.4.